The van der Waals surface area contributed by atoms with Crippen LogP contribution in [0.4, 0.5) is 10.6 Å². The van der Waals surface area contributed by atoms with E-state index in [2.05, 4.69) is 46.6 Å². The number of carbonyl (C=O) groups excluding carboxylic acids is 1. The lowest BCUT2D eigenvalue weighted by molar-refractivity contribution is 0.247. The van der Waals surface area contributed by atoms with Crippen molar-refractivity contribution >= 4 is 11.8 Å². The minimum absolute atomic E-state index is 0.207. The summed E-state index contributed by atoms with van der Waals surface area (Å²) in [4.78, 5) is 27.5. The number of benzene rings is 2. The molecule has 1 unspecified atom stereocenters. The highest BCUT2D eigenvalue weighted by Gasteiger charge is 2.27. The number of hydrogen-bond acceptors (Lipinski definition) is 4. The van der Waals surface area contributed by atoms with Crippen LogP contribution in [0.15, 0.2) is 65.5 Å². The minimum Gasteiger partial charge on any atom is -0.327 e. The van der Waals surface area contributed by atoms with Crippen LogP contribution in [0.1, 0.15) is 49.5 Å². The number of amides is 2. The fourth-order valence-electron chi connectivity index (χ4n) is 3.93. The van der Waals surface area contributed by atoms with E-state index in [9.17, 15) is 9.59 Å². The van der Waals surface area contributed by atoms with Gasteiger partial charge >= 0.3 is 11.7 Å². The van der Waals surface area contributed by atoms with Gasteiger partial charge in [0.2, 0.25) is 0 Å². The maximum absolute atomic E-state index is 13.2. The Kier molecular flexibility index (Phi) is 6.36. The van der Waals surface area contributed by atoms with E-state index in [-0.39, 0.29) is 5.41 Å². The molecule has 4 rings (SSSR count). The predicted molar refractivity (Wildman–Crippen MR) is 131 cm³/mol. The van der Waals surface area contributed by atoms with Crippen LogP contribution in [0.3, 0.4) is 0 Å². The van der Waals surface area contributed by atoms with Crippen molar-refractivity contribution in [2.24, 2.45) is 0 Å². The third-order valence-corrected chi connectivity index (χ3v) is 5.50. The zero-order chi connectivity index (χ0) is 24.3. The maximum atomic E-state index is 13.2. The molecule has 2 aromatic heterocycles. The molecule has 0 aliphatic carbocycles. The summed E-state index contributed by atoms with van der Waals surface area (Å²) in [6.07, 6.45) is 0.458. The molecule has 176 valence electrons. The zero-order valence-electron chi connectivity index (χ0n) is 19.7. The lowest BCUT2D eigenvalue weighted by Gasteiger charge is -2.18. The Morgan fingerprint density at radius 3 is 2.29 bits per heavy atom. The molecule has 2 aromatic carbocycles. The smallest absolute Gasteiger partial charge is 0.327 e. The van der Waals surface area contributed by atoms with Gasteiger partial charge in [0.25, 0.3) is 0 Å². The summed E-state index contributed by atoms with van der Waals surface area (Å²) in [7, 11) is 0. The average Bonchev–Trinajstić information content (AvgIpc) is 3.38. The summed E-state index contributed by atoms with van der Waals surface area (Å²) in [5.74, 6) is 0.940. The SMILES string of the molecule is Cc1c(C(C)(C)C)nn(-c2ccccc2)c1NC(=O)NC(Cc1ccccc1)c1n[nH]c(=O)[nH]1. The largest absolute Gasteiger partial charge is 0.340 e. The third-order valence-electron chi connectivity index (χ3n) is 5.50. The molecule has 34 heavy (non-hydrogen) atoms. The molecule has 0 fully saturated rings. The summed E-state index contributed by atoms with van der Waals surface area (Å²) in [5, 5.41) is 17.2. The normalized spacial score (nSPS) is 12.4. The molecule has 4 aromatic rings. The van der Waals surface area contributed by atoms with Crippen molar-refractivity contribution in [1.29, 1.82) is 0 Å². The first kappa shape index (κ1) is 23.0. The molecule has 0 saturated heterocycles. The number of hydrogen-bond donors (Lipinski definition) is 4. The second kappa shape index (κ2) is 9.38. The first-order valence-corrected chi connectivity index (χ1v) is 11.1. The first-order chi connectivity index (χ1) is 16.2. The topological polar surface area (TPSA) is 120 Å². The average molecular weight is 460 g/mol. The fraction of sp³-hybridized carbons (Fsp3) is 0.280. The van der Waals surface area contributed by atoms with Gasteiger partial charge in [-0.15, -0.1) is 0 Å². The number of H-pyrrole nitrogens is 2. The molecular formula is C25H29N7O2. The number of para-hydroxylation sites is 1. The van der Waals surface area contributed by atoms with E-state index in [1.165, 1.54) is 0 Å². The Morgan fingerprint density at radius 1 is 1.06 bits per heavy atom. The molecule has 2 heterocycles. The monoisotopic (exact) mass is 459 g/mol. The van der Waals surface area contributed by atoms with Crippen LogP contribution in [0, 0.1) is 6.92 Å². The molecule has 0 radical (unpaired) electrons. The number of aromatic nitrogens is 5. The first-order valence-electron chi connectivity index (χ1n) is 11.1. The van der Waals surface area contributed by atoms with E-state index in [1.807, 2.05) is 67.6 Å². The predicted octanol–water partition coefficient (Wildman–Crippen LogP) is 4.00. The fourth-order valence-corrected chi connectivity index (χ4v) is 3.93. The van der Waals surface area contributed by atoms with Gasteiger partial charge in [-0.25, -0.2) is 19.4 Å². The van der Waals surface area contributed by atoms with Crippen molar-refractivity contribution < 1.29 is 4.79 Å². The van der Waals surface area contributed by atoms with E-state index >= 15 is 0 Å². The highest BCUT2D eigenvalue weighted by Crippen LogP contribution is 2.31. The molecular weight excluding hydrogens is 430 g/mol. The number of rotatable bonds is 6. The van der Waals surface area contributed by atoms with Crippen molar-refractivity contribution in [3.63, 3.8) is 0 Å². The van der Waals surface area contributed by atoms with Crippen molar-refractivity contribution in [1.82, 2.24) is 30.3 Å². The highest BCUT2D eigenvalue weighted by molar-refractivity contribution is 5.90. The van der Waals surface area contributed by atoms with Gasteiger partial charge in [-0.3, -0.25) is 10.3 Å². The van der Waals surface area contributed by atoms with Crippen LogP contribution in [0.2, 0.25) is 0 Å². The quantitative estimate of drug-likeness (QED) is 0.348. The Morgan fingerprint density at radius 2 is 1.71 bits per heavy atom. The molecule has 9 heteroatoms. The summed E-state index contributed by atoms with van der Waals surface area (Å²) in [6.45, 7) is 8.22. The standard InChI is InChI=1S/C25H29N7O2/c1-16-20(25(2,3)4)31-32(18-13-9-6-10-14-18)22(16)28-23(33)26-19(21-27-24(34)30-29-21)15-17-11-7-5-8-12-17/h5-14,19H,15H2,1-4H3,(H2,26,28,33)(H2,27,29,30,34). The lowest BCUT2D eigenvalue weighted by atomic mass is 9.90. The van der Waals surface area contributed by atoms with Crippen LogP contribution >= 0.6 is 0 Å². The number of carbonyl (C=O) groups is 1. The van der Waals surface area contributed by atoms with E-state index in [4.69, 9.17) is 5.10 Å². The van der Waals surface area contributed by atoms with Gasteiger partial charge in [-0.1, -0.05) is 69.3 Å². The minimum atomic E-state index is -0.545. The van der Waals surface area contributed by atoms with Gasteiger partial charge < -0.3 is 5.32 Å². The van der Waals surface area contributed by atoms with Crippen LogP contribution < -0.4 is 16.3 Å². The van der Waals surface area contributed by atoms with Crippen LogP contribution in [0.5, 0.6) is 0 Å². The second-order valence-corrected chi connectivity index (χ2v) is 9.22. The number of anilines is 1. The third kappa shape index (κ3) is 5.09. The molecule has 0 spiro atoms. The van der Waals surface area contributed by atoms with E-state index in [0.29, 0.717) is 18.1 Å². The van der Waals surface area contributed by atoms with Crippen molar-refractivity contribution in [2.75, 3.05) is 5.32 Å². The molecule has 1 atom stereocenters. The van der Waals surface area contributed by atoms with E-state index in [0.717, 1.165) is 22.5 Å². The summed E-state index contributed by atoms with van der Waals surface area (Å²) >= 11 is 0. The van der Waals surface area contributed by atoms with Gasteiger partial charge in [0.15, 0.2) is 5.82 Å². The van der Waals surface area contributed by atoms with Crippen LogP contribution in [0.25, 0.3) is 5.69 Å². The van der Waals surface area contributed by atoms with Gasteiger partial charge in [0.05, 0.1) is 17.4 Å². The van der Waals surface area contributed by atoms with Crippen molar-refractivity contribution in [3.05, 3.63) is 93.8 Å². The van der Waals surface area contributed by atoms with Crippen LogP contribution in [-0.4, -0.2) is 31.0 Å². The van der Waals surface area contributed by atoms with E-state index < -0.39 is 17.8 Å². The van der Waals surface area contributed by atoms with Gasteiger partial charge in [-0.2, -0.15) is 10.2 Å². The highest BCUT2D eigenvalue weighted by atomic mass is 16.2. The van der Waals surface area contributed by atoms with Gasteiger partial charge in [-0.05, 0) is 24.6 Å². The molecule has 2 amide bonds. The Hall–Kier alpha value is -4.14. The van der Waals surface area contributed by atoms with Gasteiger partial charge in [0.1, 0.15) is 5.82 Å². The number of nitrogens with one attached hydrogen (secondary N) is 4. The molecule has 4 N–H and O–H groups in total. The number of aromatic amines is 2. The molecule has 0 saturated carbocycles. The Labute approximate surface area is 197 Å². The summed E-state index contributed by atoms with van der Waals surface area (Å²) in [5.41, 5.74) is 2.99. The summed E-state index contributed by atoms with van der Waals surface area (Å²) < 4.78 is 1.75. The van der Waals surface area contributed by atoms with Gasteiger partial charge in [0, 0.05) is 17.4 Å². The summed E-state index contributed by atoms with van der Waals surface area (Å²) in [6, 6.07) is 18.4. The zero-order valence-corrected chi connectivity index (χ0v) is 19.7. The number of nitrogens with zero attached hydrogens (tertiary/aromatic N) is 3. The van der Waals surface area contributed by atoms with Crippen molar-refractivity contribution in [2.45, 2.75) is 45.6 Å². The second-order valence-electron chi connectivity index (χ2n) is 9.22. The van der Waals surface area contributed by atoms with Crippen LogP contribution in [-0.2, 0) is 11.8 Å². The Balaban J connectivity index is 1.64. The lowest BCUT2D eigenvalue weighted by Crippen LogP contribution is -2.35. The molecule has 0 aliphatic heterocycles. The molecule has 0 aliphatic rings. The maximum Gasteiger partial charge on any atom is 0.340 e. The molecule has 0 bridgehead atoms. The Bertz CT molecular complexity index is 1310. The van der Waals surface area contributed by atoms with Crippen molar-refractivity contribution in [3.8, 4) is 5.69 Å². The van der Waals surface area contributed by atoms with E-state index in [1.54, 1.807) is 4.68 Å². The number of urea groups is 1. The molecule has 9 nitrogen and oxygen atoms in total.